The number of nitrogens with one attached hydrogen (secondary N) is 2. The summed E-state index contributed by atoms with van der Waals surface area (Å²) < 4.78 is 28.8. The maximum atomic E-state index is 12.5. The molecule has 2 aromatic carbocycles. The molecule has 4 rings (SSSR count). The molecule has 4 aromatic rings. The van der Waals surface area contributed by atoms with Crippen molar-refractivity contribution >= 4 is 37.9 Å². The minimum atomic E-state index is -3.60. The second kappa shape index (κ2) is 7.32. The molecule has 0 bridgehead atoms. The Morgan fingerprint density at radius 1 is 1.04 bits per heavy atom. The molecule has 0 aliphatic heterocycles. The van der Waals surface area contributed by atoms with Crippen molar-refractivity contribution in [2.24, 2.45) is 0 Å². The highest BCUT2D eigenvalue weighted by Gasteiger charge is 2.14. The van der Waals surface area contributed by atoms with E-state index in [0.717, 1.165) is 16.3 Å². The molecule has 7 nitrogen and oxygen atoms in total. The molecular formula is C20H18N4O3S. The number of carbonyl (C=O) groups is 1. The molecule has 2 N–H and O–H groups in total. The van der Waals surface area contributed by atoms with Gasteiger partial charge in [-0.3, -0.25) is 9.52 Å². The van der Waals surface area contributed by atoms with Gasteiger partial charge in [0.05, 0.1) is 17.0 Å². The van der Waals surface area contributed by atoms with Gasteiger partial charge in [0.1, 0.15) is 0 Å². The number of anilines is 1. The summed E-state index contributed by atoms with van der Waals surface area (Å²) in [5.74, 6) is -0.527. The number of hydrogen-bond acceptors (Lipinski definition) is 4. The van der Waals surface area contributed by atoms with Crippen LogP contribution in [0.5, 0.6) is 0 Å². The lowest BCUT2D eigenvalue weighted by molar-refractivity contribution is 0.0958. The van der Waals surface area contributed by atoms with E-state index in [9.17, 15) is 13.2 Å². The molecule has 142 valence electrons. The van der Waals surface area contributed by atoms with Gasteiger partial charge in [-0.15, -0.1) is 0 Å². The predicted octanol–water partition coefficient (Wildman–Crippen LogP) is 2.66. The Hall–Kier alpha value is -3.39. The minimum Gasteiger partial charge on any atom is -0.351 e. The Balaban J connectivity index is 1.40. The zero-order valence-corrected chi connectivity index (χ0v) is 15.7. The van der Waals surface area contributed by atoms with Gasteiger partial charge in [0.2, 0.25) is 10.0 Å². The lowest BCUT2D eigenvalue weighted by atomic mass is 10.0. The van der Waals surface area contributed by atoms with Crippen LogP contribution in [-0.2, 0) is 10.0 Å². The van der Waals surface area contributed by atoms with Crippen LogP contribution in [0.25, 0.3) is 16.3 Å². The molecule has 2 aromatic heterocycles. The minimum absolute atomic E-state index is 0.00626. The third kappa shape index (κ3) is 3.81. The summed E-state index contributed by atoms with van der Waals surface area (Å²) in [5.41, 5.74) is 1.76. The number of fused-ring (bicyclic) bond motifs is 2. The first-order valence-corrected chi connectivity index (χ1v) is 10.4. The van der Waals surface area contributed by atoms with Crippen LogP contribution in [0.1, 0.15) is 10.4 Å². The zero-order valence-electron chi connectivity index (χ0n) is 14.9. The highest BCUT2D eigenvalue weighted by molar-refractivity contribution is 7.92. The number of amides is 1. The van der Waals surface area contributed by atoms with Crippen LogP contribution in [0.2, 0.25) is 0 Å². The van der Waals surface area contributed by atoms with Crippen molar-refractivity contribution in [1.29, 1.82) is 0 Å². The van der Waals surface area contributed by atoms with Crippen LogP contribution in [0.4, 0.5) is 5.69 Å². The summed E-state index contributed by atoms with van der Waals surface area (Å²) in [6, 6.07) is 18.1. The summed E-state index contributed by atoms with van der Waals surface area (Å²) in [7, 11) is -3.60. The van der Waals surface area contributed by atoms with Gasteiger partial charge < -0.3 is 5.32 Å². The van der Waals surface area contributed by atoms with Crippen molar-refractivity contribution in [3.63, 3.8) is 0 Å². The second-order valence-electron chi connectivity index (χ2n) is 6.32. The fraction of sp³-hybridized carbons (Fsp3) is 0.100. The van der Waals surface area contributed by atoms with Gasteiger partial charge in [0, 0.05) is 24.5 Å². The normalized spacial score (nSPS) is 11.6. The predicted molar refractivity (Wildman–Crippen MR) is 109 cm³/mol. The smallest absolute Gasteiger partial charge is 0.251 e. The largest absolute Gasteiger partial charge is 0.351 e. The van der Waals surface area contributed by atoms with Gasteiger partial charge in [-0.2, -0.15) is 5.10 Å². The number of carbonyl (C=O) groups excluding carboxylic acids is 1. The number of nitrogens with zero attached hydrogens (tertiary/aromatic N) is 2. The summed E-state index contributed by atoms with van der Waals surface area (Å²) in [4.78, 5) is 12.5. The monoisotopic (exact) mass is 394 g/mol. The quantitative estimate of drug-likeness (QED) is 0.526. The number of rotatable bonds is 6. The van der Waals surface area contributed by atoms with Crippen molar-refractivity contribution in [3.8, 4) is 0 Å². The lowest BCUT2D eigenvalue weighted by Gasteiger charge is -2.10. The number of sulfonamides is 1. The van der Waals surface area contributed by atoms with E-state index in [1.54, 1.807) is 41.2 Å². The summed E-state index contributed by atoms with van der Waals surface area (Å²) >= 11 is 0. The van der Waals surface area contributed by atoms with Gasteiger partial charge >= 0.3 is 0 Å². The third-order valence-electron chi connectivity index (χ3n) is 4.36. The molecule has 1 amide bonds. The first-order chi connectivity index (χ1) is 13.5. The van der Waals surface area contributed by atoms with Gasteiger partial charge in [0.25, 0.3) is 5.91 Å². The average molecular weight is 394 g/mol. The average Bonchev–Trinajstić information content (AvgIpc) is 3.14. The van der Waals surface area contributed by atoms with Crippen molar-refractivity contribution in [2.75, 3.05) is 17.0 Å². The lowest BCUT2D eigenvalue weighted by Crippen LogP contribution is -2.31. The maximum absolute atomic E-state index is 12.5. The van der Waals surface area contributed by atoms with Gasteiger partial charge in [-0.1, -0.05) is 36.4 Å². The highest BCUT2D eigenvalue weighted by atomic mass is 32.2. The molecule has 0 saturated heterocycles. The maximum Gasteiger partial charge on any atom is 0.251 e. The van der Waals surface area contributed by atoms with Gasteiger partial charge in [-0.05, 0) is 35.0 Å². The Labute approximate surface area is 162 Å². The molecule has 0 atom stereocenters. The molecular weight excluding hydrogens is 376 g/mol. The van der Waals surface area contributed by atoms with E-state index in [0.29, 0.717) is 11.3 Å². The van der Waals surface area contributed by atoms with Gasteiger partial charge in [-0.25, -0.2) is 12.9 Å². The van der Waals surface area contributed by atoms with Crippen LogP contribution in [0.3, 0.4) is 0 Å². The van der Waals surface area contributed by atoms with Crippen molar-refractivity contribution < 1.29 is 13.2 Å². The Kier molecular flexibility index (Phi) is 4.70. The van der Waals surface area contributed by atoms with Crippen LogP contribution >= 0.6 is 0 Å². The molecule has 0 saturated carbocycles. The van der Waals surface area contributed by atoms with E-state index < -0.39 is 10.0 Å². The summed E-state index contributed by atoms with van der Waals surface area (Å²) in [6.07, 6.45) is 3.31. The zero-order chi connectivity index (χ0) is 19.6. The Bertz CT molecular complexity index is 1260. The van der Waals surface area contributed by atoms with Crippen molar-refractivity contribution in [2.45, 2.75) is 0 Å². The van der Waals surface area contributed by atoms with E-state index in [4.69, 9.17) is 0 Å². The second-order valence-corrected chi connectivity index (χ2v) is 8.16. The molecule has 0 fully saturated rings. The first-order valence-electron chi connectivity index (χ1n) is 8.72. The summed E-state index contributed by atoms with van der Waals surface area (Å²) in [5, 5.41) is 8.54. The Morgan fingerprint density at radius 2 is 1.86 bits per heavy atom. The molecule has 0 radical (unpaired) electrons. The van der Waals surface area contributed by atoms with E-state index in [1.807, 2.05) is 36.4 Å². The molecule has 0 spiro atoms. The molecule has 0 unspecified atom stereocenters. The fourth-order valence-electron chi connectivity index (χ4n) is 3.03. The number of hydrogen-bond donors (Lipinski definition) is 2. The third-order valence-corrected chi connectivity index (χ3v) is 5.65. The van der Waals surface area contributed by atoms with E-state index >= 15 is 0 Å². The standard InChI is InChI=1S/C20H18N4O3S/c25-20(19-7-3-5-15-4-1-2-6-18(15)19)21-11-13-28(26,27)23-16-9-12-24-17(14-16)8-10-22-24/h1-10,12,14,23H,11,13H2,(H,21,25). The van der Waals surface area contributed by atoms with E-state index in [1.165, 1.54) is 0 Å². The van der Waals surface area contributed by atoms with E-state index in [-0.39, 0.29) is 18.2 Å². The van der Waals surface area contributed by atoms with Gasteiger partial charge in [0.15, 0.2) is 0 Å². The van der Waals surface area contributed by atoms with Crippen LogP contribution in [0.15, 0.2) is 73.1 Å². The number of benzene rings is 2. The molecule has 8 heteroatoms. The molecule has 0 aliphatic rings. The van der Waals surface area contributed by atoms with Crippen LogP contribution in [-0.4, -0.2) is 36.2 Å². The van der Waals surface area contributed by atoms with E-state index in [2.05, 4.69) is 15.1 Å². The first kappa shape index (κ1) is 18.0. The highest BCUT2D eigenvalue weighted by Crippen LogP contribution is 2.18. The topological polar surface area (TPSA) is 92.6 Å². The number of aromatic nitrogens is 2. The summed E-state index contributed by atoms with van der Waals surface area (Å²) in [6.45, 7) is 0.00626. The molecule has 0 aliphatic carbocycles. The van der Waals surface area contributed by atoms with Crippen LogP contribution < -0.4 is 10.0 Å². The molecule has 2 heterocycles. The van der Waals surface area contributed by atoms with Crippen molar-refractivity contribution in [3.05, 3.63) is 78.6 Å². The fourth-order valence-corrected chi connectivity index (χ4v) is 3.99. The SMILES string of the molecule is O=C(NCCS(=O)(=O)Nc1ccn2nccc2c1)c1cccc2ccccc12. The van der Waals surface area contributed by atoms with Crippen LogP contribution in [0, 0.1) is 0 Å². The Morgan fingerprint density at radius 3 is 2.75 bits per heavy atom. The molecule has 28 heavy (non-hydrogen) atoms. The van der Waals surface area contributed by atoms with Crippen molar-refractivity contribution in [1.82, 2.24) is 14.9 Å². The number of pyridine rings is 1.